The number of aliphatic hydroxyl groups is 2. The first-order chi connectivity index (χ1) is 6.31. The smallest absolute Gasteiger partial charge is 0.103 e. The predicted molar refractivity (Wildman–Crippen MR) is 45.3 cm³/mol. The molecule has 0 saturated carbocycles. The van der Waals surface area contributed by atoms with Gasteiger partial charge in [0, 0.05) is 13.0 Å². The Hall–Kier alpha value is -0.160. The van der Waals surface area contributed by atoms with Crippen molar-refractivity contribution in [2.45, 2.75) is 43.7 Å². The maximum atomic E-state index is 9.37. The molecule has 4 nitrogen and oxygen atoms in total. The first-order valence-corrected chi connectivity index (χ1v) is 4.87. The molecule has 0 spiro atoms. The minimum absolute atomic E-state index is 0.139. The quantitative estimate of drug-likeness (QED) is 0.623. The molecule has 0 radical (unpaired) electrons. The molecule has 2 aliphatic heterocycles. The van der Waals surface area contributed by atoms with E-state index < -0.39 is 6.10 Å². The Morgan fingerprint density at radius 2 is 2.23 bits per heavy atom. The van der Waals surface area contributed by atoms with Gasteiger partial charge in [0.15, 0.2) is 0 Å². The van der Waals surface area contributed by atoms with Crippen molar-refractivity contribution in [3.63, 3.8) is 0 Å². The van der Waals surface area contributed by atoms with Crippen LogP contribution in [-0.2, 0) is 9.47 Å². The van der Waals surface area contributed by atoms with E-state index in [-0.39, 0.29) is 24.9 Å². The molecule has 2 rings (SSSR count). The molecule has 0 aliphatic carbocycles. The monoisotopic (exact) mass is 188 g/mol. The molecule has 4 atom stereocenters. The van der Waals surface area contributed by atoms with Crippen molar-refractivity contribution in [1.29, 1.82) is 0 Å². The third-order valence-electron chi connectivity index (χ3n) is 2.81. The lowest BCUT2D eigenvalue weighted by molar-refractivity contribution is -0.0844. The Labute approximate surface area is 77.5 Å². The van der Waals surface area contributed by atoms with Gasteiger partial charge in [-0.2, -0.15) is 0 Å². The van der Waals surface area contributed by atoms with E-state index in [1.54, 1.807) is 0 Å². The summed E-state index contributed by atoms with van der Waals surface area (Å²) in [6, 6.07) is 0. The standard InChI is InChI=1S/C9H16O4/c10-5-6(11)8-4-9-7(13-8)2-1-3-12-9/h6-11H,1-5H2. The predicted octanol–water partition coefficient (Wildman–Crippen LogP) is -0.324. The number of aliphatic hydroxyl groups excluding tert-OH is 2. The average Bonchev–Trinajstić information content (AvgIpc) is 2.59. The largest absolute Gasteiger partial charge is 0.394 e. The van der Waals surface area contributed by atoms with Crippen molar-refractivity contribution in [2.24, 2.45) is 0 Å². The maximum absolute atomic E-state index is 9.37. The molecule has 0 aromatic carbocycles. The molecule has 2 saturated heterocycles. The fraction of sp³-hybridized carbons (Fsp3) is 1.00. The summed E-state index contributed by atoms with van der Waals surface area (Å²) in [4.78, 5) is 0. The van der Waals surface area contributed by atoms with Crippen LogP contribution < -0.4 is 0 Å². The van der Waals surface area contributed by atoms with Crippen molar-refractivity contribution < 1.29 is 19.7 Å². The van der Waals surface area contributed by atoms with Gasteiger partial charge in [0.2, 0.25) is 0 Å². The second-order valence-corrected chi connectivity index (χ2v) is 3.75. The third-order valence-corrected chi connectivity index (χ3v) is 2.81. The van der Waals surface area contributed by atoms with Crippen LogP contribution in [0.3, 0.4) is 0 Å². The van der Waals surface area contributed by atoms with Crippen LogP contribution in [0.5, 0.6) is 0 Å². The van der Waals surface area contributed by atoms with Gasteiger partial charge in [-0.05, 0) is 12.8 Å². The number of fused-ring (bicyclic) bond motifs is 1. The Morgan fingerprint density at radius 1 is 1.38 bits per heavy atom. The summed E-state index contributed by atoms with van der Waals surface area (Å²) in [5.41, 5.74) is 0. The van der Waals surface area contributed by atoms with Crippen LogP contribution >= 0.6 is 0 Å². The van der Waals surface area contributed by atoms with Crippen molar-refractivity contribution >= 4 is 0 Å². The number of hydrogen-bond donors (Lipinski definition) is 2. The summed E-state index contributed by atoms with van der Waals surface area (Å²) in [5.74, 6) is 0. The summed E-state index contributed by atoms with van der Waals surface area (Å²) >= 11 is 0. The van der Waals surface area contributed by atoms with Crippen LogP contribution in [0.25, 0.3) is 0 Å². The fourth-order valence-electron chi connectivity index (χ4n) is 2.06. The van der Waals surface area contributed by atoms with E-state index in [4.69, 9.17) is 14.6 Å². The second kappa shape index (κ2) is 3.92. The van der Waals surface area contributed by atoms with Gasteiger partial charge in [-0.25, -0.2) is 0 Å². The van der Waals surface area contributed by atoms with E-state index in [2.05, 4.69) is 0 Å². The Bertz CT molecular complexity index is 159. The van der Waals surface area contributed by atoms with Gasteiger partial charge in [0.25, 0.3) is 0 Å². The highest BCUT2D eigenvalue weighted by atomic mass is 16.6. The maximum Gasteiger partial charge on any atom is 0.103 e. The van der Waals surface area contributed by atoms with Gasteiger partial charge in [0.1, 0.15) is 6.10 Å². The second-order valence-electron chi connectivity index (χ2n) is 3.75. The summed E-state index contributed by atoms with van der Waals surface area (Å²) in [5, 5.41) is 18.1. The molecule has 4 unspecified atom stereocenters. The lowest BCUT2D eigenvalue weighted by Gasteiger charge is -2.23. The van der Waals surface area contributed by atoms with E-state index in [1.807, 2.05) is 0 Å². The molecule has 13 heavy (non-hydrogen) atoms. The molecule has 0 bridgehead atoms. The molecule has 0 aromatic rings. The summed E-state index contributed by atoms with van der Waals surface area (Å²) in [6.07, 6.45) is 2.04. The Balaban J connectivity index is 1.91. The topological polar surface area (TPSA) is 58.9 Å². The third kappa shape index (κ3) is 1.86. The lowest BCUT2D eigenvalue weighted by Crippen LogP contribution is -2.30. The molecule has 76 valence electrons. The van der Waals surface area contributed by atoms with E-state index in [9.17, 15) is 5.11 Å². The molecule has 0 aromatic heterocycles. The SMILES string of the molecule is OCC(O)C1CC2OCCCC2O1. The highest BCUT2D eigenvalue weighted by Gasteiger charge is 2.40. The normalized spacial score (nSPS) is 41.5. The fourth-order valence-corrected chi connectivity index (χ4v) is 2.06. The minimum Gasteiger partial charge on any atom is -0.394 e. The van der Waals surface area contributed by atoms with E-state index in [0.29, 0.717) is 6.42 Å². The Kier molecular flexibility index (Phi) is 2.83. The molecule has 0 amide bonds. The minimum atomic E-state index is -0.755. The van der Waals surface area contributed by atoms with Crippen molar-refractivity contribution in [3.05, 3.63) is 0 Å². The molecule has 2 N–H and O–H groups in total. The van der Waals surface area contributed by atoms with Gasteiger partial charge in [-0.1, -0.05) is 0 Å². The molecule has 2 aliphatic rings. The van der Waals surface area contributed by atoms with Crippen LogP contribution in [0.2, 0.25) is 0 Å². The van der Waals surface area contributed by atoms with Gasteiger partial charge in [-0.3, -0.25) is 0 Å². The summed E-state index contributed by atoms with van der Waals surface area (Å²) in [7, 11) is 0. The number of ether oxygens (including phenoxy) is 2. The zero-order valence-corrected chi connectivity index (χ0v) is 7.56. The van der Waals surface area contributed by atoms with Crippen LogP contribution in [0.1, 0.15) is 19.3 Å². The Morgan fingerprint density at radius 3 is 2.92 bits per heavy atom. The van der Waals surface area contributed by atoms with Crippen molar-refractivity contribution in [1.82, 2.24) is 0 Å². The number of hydrogen-bond acceptors (Lipinski definition) is 4. The molecular formula is C9H16O4. The van der Waals surface area contributed by atoms with Crippen LogP contribution in [0.4, 0.5) is 0 Å². The van der Waals surface area contributed by atoms with Crippen LogP contribution in [0.15, 0.2) is 0 Å². The van der Waals surface area contributed by atoms with Gasteiger partial charge in [0.05, 0.1) is 24.9 Å². The van der Waals surface area contributed by atoms with E-state index in [1.165, 1.54) is 0 Å². The van der Waals surface area contributed by atoms with E-state index in [0.717, 1.165) is 19.4 Å². The molecular weight excluding hydrogens is 172 g/mol. The number of rotatable bonds is 2. The van der Waals surface area contributed by atoms with E-state index >= 15 is 0 Å². The zero-order chi connectivity index (χ0) is 9.26. The van der Waals surface area contributed by atoms with Gasteiger partial charge in [-0.15, -0.1) is 0 Å². The average molecular weight is 188 g/mol. The zero-order valence-electron chi connectivity index (χ0n) is 7.56. The highest BCUT2D eigenvalue weighted by Crippen LogP contribution is 2.31. The first-order valence-electron chi connectivity index (χ1n) is 4.87. The summed E-state index contributed by atoms with van der Waals surface area (Å²) in [6.45, 7) is 0.566. The highest BCUT2D eigenvalue weighted by molar-refractivity contribution is 4.88. The van der Waals surface area contributed by atoms with Gasteiger partial charge < -0.3 is 19.7 Å². The molecule has 4 heteroatoms. The van der Waals surface area contributed by atoms with Crippen molar-refractivity contribution in [3.8, 4) is 0 Å². The van der Waals surface area contributed by atoms with Gasteiger partial charge >= 0.3 is 0 Å². The van der Waals surface area contributed by atoms with Crippen molar-refractivity contribution in [2.75, 3.05) is 13.2 Å². The molecule has 2 heterocycles. The summed E-state index contributed by atoms with van der Waals surface area (Å²) < 4.78 is 11.1. The first kappa shape index (κ1) is 9.40. The molecule has 2 fully saturated rings. The lowest BCUT2D eigenvalue weighted by atomic mass is 10.0. The van der Waals surface area contributed by atoms with Crippen LogP contribution in [-0.4, -0.2) is 47.8 Å². The van der Waals surface area contributed by atoms with Crippen LogP contribution in [0, 0.1) is 0 Å².